The predicted molar refractivity (Wildman–Crippen MR) is 94.2 cm³/mol. The van der Waals surface area contributed by atoms with Crippen LogP contribution in [-0.2, 0) is 11.3 Å². The largest absolute Gasteiger partial charge is 0.376 e. The van der Waals surface area contributed by atoms with Gasteiger partial charge in [0.05, 0.1) is 12.6 Å². The Morgan fingerprint density at radius 3 is 2.68 bits per heavy atom. The Morgan fingerprint density at radius 2 is 2.04 bits per heavy atom. The van der Waals surface area contributed by atoms with Crippen LogP contribution in [0.2, 0.25) is 0 Å². The lowest BCUT2D eigenvalue weighted by molar-refractivity contribution is 0.0941. The van der Waals surface area contributed by atoms with Crippen LogP contribution in [0.3, 0.4) is 0 Å². The Bertz CT molecular complexity index is 887. The van der Waals surface area contributed by atoms with E-state index in [2.05, 4.69) is 10.3 Å². The molecule has 1 aliphatic heterocycles. The van der Waals surface area contributed by atoms with Gasteiger partial charge in [0.15, 0.2) is 0 Å². The molecule has 0 saturated carbocycles. The molecule has 1 aliphatic rings. The zero-order chi connectivity index (χ0) is 18.0. The van der Waals surface area contributed by atoms with E-state index in [1.165, 1.54) is 6.20 Å². The SMILES string of the molecule is Cc1cccc(C)c1NC(=O)c1c[nH]c(=O)n(CC2CCCO2)c1=O. The third kappa shape index (κ3) is 3.56. The van der Waals surface area contributed by atoms with Gasteiger partial charge in [0.1, 0.15) is 5.56 Å². The summed E-state index contributed by atoms with van der Waals surface area (Å²) in [5, 5.41) is 2.77. The van der Waals surface area contributed by atoms with Gasteiger partial charge in [-0.1, -0.05) is 18.2 Å². The number of hydrogen-bond acceptors (Lipinski definition) is 4. The van der Waals surface area contributed by atoms with Crippen molar-refractivity contribution in [2.75, 3.05) is 11.9 Å². The van der Waals surface area contributed by atoms with E-state index in [9.17, 15) is 14.4 Å². The van der Waals surface area contributed by atoms with Crippen molar-refractivity contribution < 1.29 is 9.53 Å². The summed E-state index contributed by atoms with van der Waals surface area (Å²) in [6, 6.07) is 5.66. The first kappa shape index (κ1) is 17.2. The fourth-order valence-electron chi connectivity index (χ4n) is 3.02. The average Bonchev–Trinajstić information content (AvgIpc) is 3.08. The topological polar surface area (TPSA) is 93.2 Å². The van der Waals surface area contributed by atoms with E-state index in [-0.39, 0.29) is 18.2 Å². The molecule has 0 spiro atoms. The van der Waals surface area contributed by atoms with Gasteiger partial charge < -0.3 is 15.0 Å². The third-order valence-electron chi connectivity index (χ3n) is 4.44. The molecule has 7 heteroatoms. The number of amides is 1. The quantitative estimate of drug-likeness (QED) is 0.881. The van der Waals surface area contributed by atoms with Crippen molar-refractivity contribution in [3.8, 4) is 0 Å². The lowest BCUT2D eigenvalue weighted by Gasteiger charge is -2.13. The maximum absolute atomic E-state index is 12.6. The van der Waals surface area contributed by atoms with E-state index >= 15 is 0 Å². The molecule has 1 saturated heterocycles. The summed E-state index contributed by atoms with van der Waals surface area (Å²) in [5.41, 5.74) is 1.23. The zero-order valence-electron chi connectivity index (χ0n) is 14.3. The Balaban J connectivity index is 1.90. The van der Waals surface area contributed by atoms with E-state index in [1.807, 2.05) is 32.0 Å². The highest BCUT2D eigenvalue weighted by molar-refractivity contribution is 6.04. The molecule has 7 nitrogen and oxygen atoms in total. The Hall–Kier alpha value is -2.67. The summed E-state index contributed by atoms with van der Waals surface area (Å²) >= 11 is 0. The third-order valence-corrected chi connectivity index (χ3v) is 4.44. The van der Waals surface area contributed by atoms with Crippen LogP contribution in [0.5, 0.6) is 0 Å². The van der Waals surface area contributed by atoms with Gasteiger partial charge in [-0.15, -0.1) is 0 Å². The summed E-state index contributed by atoms with van der Waals surface area (Å²) in [7, 11) is 0. The van der Waals surface area contributed by atoms with Crippen LogP contribution < -0.4 is 16.6 Å². The monoisotopic (exact) mass is 343 g/mol. The molecule has 0 radical (unpaired) electrons. The minimum absolute atomic E-state index is 0.0970. The smallest absolute Gasteiger partial charge is 0.328 e. The molecule has 1 fully saturated rings. The number of ether oxygens (including phenoxy) is 1. The maximum Gasteiger partial charge on any atom is 0.328 e. The van der Waals surface area contributed by atoms with Crippen LogP contribution in [0.4, 0.5) is 5.69 Å². The first-order chi connectivity index (χ1) is 12.0. The second kappa shape index (κ2) is 7.06. The van der Waals surface area contributed by atoms with Crippen LogP contribution in [0.1, 0.15) is 34.3 Å². The standard InChI is InChI=1S/C18H21N3O4/c1-11-5-3-6-12(2)15(11)20-16(22)14-9-19-18(24)21(17(14)23)10-13-7-4-8-25-13/h3,5-6,9,13H,4,7-8,10H2,1-2H3,(H,19,24)(H,20,22). The molecule has 2 N–H and O–H groups in total. The van der Waals surface area contributed by atoms with Gasteiger partial charge >= 0.3 is 5.69 Å². The molecule has 132 valence electrons. The van der Waals surface area contributed by atoms with Crippen molar-refractivity contribution in [3.63, 3.8) is 0 Å². The van der Waals surface area contributed by atoms with Crippen molar-refractivity contribution in [2.45, 2.75) is 39.3 Å². The van der Waals surface area contributed by atoms with Crippen molar-refractivity contribution in [2.24, 2.45) is 0 Å². The highest BCUT2D eigenvalue weighted by Crippen LogP contribution is 2.19. The summed E-state index contributed by atoms with van der Waals surface area (Å²) in [6.45, 7) is 4.54. The molecule has 1 aromatic carbocycles. The van der Waals surface area contributed by atoms with Gasteiger partial charge in [0.2, 0.25) is 0 Å². The molecule has 1 aromatic heterocycles. The maximum atomic E-state index is 12.6. The van der Waals surface area contributed by atoms with Gasteiger partial charge in [0, 0.05) is 18.5 Å². The average molecular weight is 343 g/mol. The number of para-hydroxylation sites is 1. The minimum atomic E-state index is -0.608. The number of hydrogen-bond donors (Lipinski definition) is 2. The number of benzene rings is 1. The van der Waals surface area contributed by atoms with Crippen LogP contribution in [0.25, 0.3) is 0 Å². The van der Waals surface area contributed by atoms with Crippen LogP contribution in [0, 0.1) is 13.8 Å². The van der Waals surface area contributed by atoms with E-state index in [0.717, 1.165) is 28.5 Å². The van der Waals surface area contributed by atoms with E-state index in [4.69, 9.17) is 4.74 Å². The number of anilines is 1. The lowest BCUT2D eigenvalue weighted by atomic mass is 10.1. The summed E-state index contributed by atoms with van der Waals surface area (Å²) in [6.07, 6.45) is 2.70. The van der Waals surface area contributed by atoms with E-state index in [0.29, 0.717) is 12.3 Å². The number of aromatic nitrogens is 2. The fourth-order valence-corrected chi connectivity index (χ4v) is 3.02. The van der Waals surface area contributed by atoms with Crippen molar-refractivity contribution in [3.05, 3.63) is 61.9 Å². The summed E-state index contributed by atoms with van der Waals surface area (Å²) in [5.74, 6) is -0.542. The molecule has 3 rings (SSSR count). The van der Waals surface area contributed by atoms with Gasteiger partial charge in [-0.2, -0.15) is 0 Å². The molecular formula is C18H21N3O4. The van der Waals surface area contributed by atoms with Gasteiger partial charge in [-0.3, -0.25) is 14.2 Å². The number of nitrogens with one attached hydrogen (secondary N) is 2. The van der Waals surface area contributed by atoms with Crippen molar-refractivity contribution >= 4 is 11.6 Å². The molecule has 25 heavy (non-hydrogen) atoms. The minimum Gasteiger partial charge on any atom is -0.376 e. The zero-order valence-corrected chi connectivity index (χ0v) is 14.3. The summed E-state index contributed by atoms with van der Waals surface area (Å²) in [4.78, 5) is 39.6. The molecule has 2 aromatic rings. The molecule has 1 unspecified atom stereocenters. The van der Waals surface area contributed by atoms with Gasteiger partial charge in [0.25, 0.3) is 11.5 Å². The van der Waals surface area contributed by atoms with Crippen molar-refractivity contribution in [1.82, 2.24) is 9.55 Å². The molecule has 2 heterocycles. The van der Waals surface area contributed by atoms with Crippen LogP contribution in [0.15, 0.2) is 34.0 Å². The molecule has 0 aliphatic carbocycles. The Labute approximate surface area is 144 Å². The molecule has 1 amide bonds. The number of rotatable bonds is 4. The predicted octanol–water partition coefficient (Wildman–Crippen LogP) is 1.58. The first-order valence-electron chi connectivity index (χ1n) is 8.29. The Kier molecular flexibility index (Phi) is 4.85. The Morgan fingerprint density at radius 1 is 1.32 bits per heavy atom. The number of H-pyrrole nitrogens is 1. The normalized spacial score (nSPS) is 16.8. The van der Waals surface area contributed by atoms with Gasteiger partial charge in [-0.05, 0) is 37.8 Å². The highest BCUT2D eigenvalue weighted by Gasteiger charge is 2.21. The fraction of sp³-hybridized carbons (Fsp3) is 0.389. The van der Waals surface area contributed by atoms with Gasteiger partial charge in [-0.25, -0.2) is 4.79 Å². The van der Waals surface area contributed by atoms with E-state index in [1.54, 1.807) is 0 Å². The highest BCUT2D eigenvalue weighted by atomic mass is 16.5. The molecule has 1 atom stereocenters. The second-order valence-corrected chi connectivity index (χ2v) is 6.28. The first-order valence-corrected chi connectivity index (χ1v) is 8.29. The number of nitrogens with zero attached hydrogens (tertiary/aromatic N) is 1. The number of carbonyl (C=O) groups excluding carboxylic acids is 1. The van der Waals surface area contributed by atoms with Crippen LogP contribution in [-0.4, -0.2) is 28.2 Å². The second-order valence-electron chi connectivity index (χ2n) is 6.28. The number of carbonyl (C=O) groups is 1. The number of aromatic amines is 1. The van der Waals surface area contributed by atoms with E-state index < -0.39 is 17.2 Å². The summed E-state index contributed by atoms with van der Waals surface area (Å²) < 4.78 is 6.52. The lowest BCUT2D eigenvalue weighted by Crippen LogP contribution is -2.41. The number of aryl methyl sites for hydroxylation is 2. The van der Waals surface area contributed by atoms with Crippen molar-refractivity contribution in [1.29, 1.82) is 0 Å². The molecular weight excluding hydrogens is 322 g/mol. The van der Waals surface area contributed by atoms with Crippen LogP contribution >= 0.6 is 0 Å². The molecule has 0 bridgehead atoms.